The molecule has 1 amide bonds. The van der Waals surface area contributed by atoms with E-state index < -0.39 is 23.5 Å². The van der Waals surface area contributed by atoms with Crippen molar-refractivity contribution in [3.8, 4) is 0 Å². The molecule has 3 aromatic rings. The van der Waals surface area contributed by atoms with Gasteiger partial charge in [0.25, 0.3) is 5.24 Å². The summed E-state index contributed by atoms with van der Waals surface area (Å²) in [5.41, 5.74) is 3.49. The fourth-order valence-corrected chi connectivity index (χ4v) is 5.16. The zero-order valence-electron chi connectivity index (χ0n) is 20.5. The Bertz CT molecular complexity index is 1280. The molecular weight excluding hydrogens is 526 g/mol. The Balaban J connectivity index is 0.000000283. The van der Waals surface area contributed by atoms with Gasteiger partial charge in [-0.3, -0.25) is 4.79 Å². The summed E-state index contributed by atoms with van der Waals surface area (Å²) in [6, 6.07) is 15.9. The highest BCUT2D eigenvalue weighted by atomic mass is 32.2. The Kier molecular flexibility index (Phi) is 8.30. The summed E-state index contributed by atoms with van der Waals surface area (Å²) in [4.78, 5) is 14.2. The lowest BCUT2D eigenvalue weighted by Crippen LogP contribution is -2.36. The van der Waals surface area contributed by atoms with E-state index in [0.717, 1.165) is 79.1 Å². The molecule has 0 radical (unpaired) electrons. The Labute approximate surface area is 221 Å². The number of nitrogens with zero attached hydrogens (tertiary/aromatic N) is 1. The van der Waals surface area contributed by atoms with Crippen LogP contribution in [0.3, 0.4) is 0 Å². The molecule has 0 aromatic heterocycles. The van der Waals surface area contributed by atoms with Crippen LogP contribution in [0, 0.1) is 0 Å². The number of aryl methyl sites for hydroxylation is 1. The van der Waals surface area contributed by atoms with Gasteiger partial charge in [0.2, 0.25) is 0 Å². The molecule has 0 saturated carbocycles. The summed E-state index contributed by atoms with van der Waals surface area (Å²) in [6.07, 6.45) is -4.14. The lowest BCUT2D eigenvalue weighted by atomic mass is 9.80. The standard InChI is InChI=1S/C21H21F3N2OS.C7H5F3/c1-28-20(27)25-16-11-14-5-3-8-26-9-7-17(18(12-16)19(14)26)13-4-2-6-15(10-13)21(22,23)24;8-7(9,10)6-4-2-1-3-5-6/h2,4,6,10-12,17H,3,5,7-9H2,1H3,(H,25,27);1-5H. The highest BCUT2D eigenvalue weighted by molar-refractivity contribution is 8.13. The van der Waals surface area contributed by atoms with Crippen molar-refractivity contribution in [1.82, 2.24) is 0 Å². The van der Waals surface area contributed by atoms with Crippen LogP contribution in [0.1, 0.15) is 46.6 Å². The monoisotopic (exact) mass is 552 g/mol. The van der Waals surface area contributed by atoms with Crippen LogP contribution < -0.4 is 10.2 Å². The van der Waals surface area contributed by atoms with E-state index in [2.05, 4.69) is 10.2 Å². The molecule has 38 heavy (non-hydrogen) atoms. The van der Waals surface area contributed by atoms with E-state index in [1.165, 1.54) is 24.3 Å². The smallest absolute Gasteiger partial charge is 0.371 e. The minimum Gasteiger partial charge on any atom is -0.371 e. The van der Waals surface area contributed by atoms with Crippen molar-refractivity contribution in [3.63, 3.8) is 0 Å². The molecule has 0 fully saturated rings. The third-order valence-corrected chi connectivity index (χ3v) is 7.09. The van der Waals surface area contributed by atoms with Crippen molar-refractivity contribution >= 4 is 28.4 Å². The van der Waals surface area contributed by atoms with Crippen LogP contribution in [-0.4, -0.2) is 24.6 Å². The summed E-state index contributed by atoms with van der Waals surface area (Å²) in [5, 5.41) is 2.74. The van der Waals surface area contributed by atoms with Crippen LogP contribution in [0.5, 0.6) is 0 Å². The van der Waals surface area contributed by atoms with Crippen LogP contribution in [0.25, 0.3) is 0 Å². The van der Waals surface area contributed by atoms with Gasteiger partial charge in [-0.15, -0.1) is 0 Å². The summed E-state index contributed by atoms with van der Waals surface area (Å²) < 4.78 is 75.0. The summed E-state index contributed by atoms with van der Waals surface area (Å²) in [7, 11) is 0. The average Bonchev–Trinajstić information content (AvgIpc) is 2.89. The van der Waals surface area contributed by atoms with Crippen LogP contribution in [-0.2, 0) is 18.8 Å². The van der Waals surface area contributed by atoms with E-state index in [1.807, 2.05) is 12.1 Å². The van der Waals surface area contributed by atoms with Gasteiger partial charge in [-0.1, -0.05) is 60.3 Å². The SMILES string of the molecule is CSC(=O)Nc1cc2c3c(c1)C(c1cccc(C(F)(F)F)c1)CCN3CCC2.FC(F)(F)c1ccccc1. The van der Waals surface area contributed by atoms with Crippen molar-refractivity contribution in [1.29, 1.82) is 0 Å². The van der Waals surface area contributed by atoms with E-state index in [9.17, 15) is 31.1 Å². The van der Waals surface area contributed by atoms with Gasteiger partial charge in [0.05, 0.1) is 11.1 Å². The Hall–Kier alpha value is -3.14. The highest BCUT2D eigenvalue weighted by Gasteiger charge is 2.34. The number of halogens is 6. The quantitative estimate of drug-likeness (QED) is 0.323. The van der Waals surface area contributed by atoms with E-state index in [4.69, 9.17) is 0 Å². The molecule has 2 heterocycles. The summed E-state index contributed by atoms with van der Waals surface area (Å²) >= 11 is 1.10. The first-order valence-electron chi connectivity index (χ1n) is 12.0. The molecule has 2 aliphatic heterocycles. The van der Waals surface area contributed by atoms with Gasteiger partial charge in [-0.05, 0) is 60.4 Å². The van der Waals surface area contributed by atoms with Crippen LogP contribution >= 0.6 is 11.8 Å². The predicted octanol–water partition coefficient (Wildman–Crippen LogP) is 8.59. The molecule has 2 aliphatic rings. The molecule has 1 unspecified atom stereocenters. The fourth-order valence-electron chi connectivity index (χ4n) is 4.94. The molecule has 3 nitrogen and oxygen atoms in total. The molecular formula is C28H26F6N2OS. The minimum atomic E-state index is -4.36. The number of carbonyl (C=O) groups is 1. The van der Waals surface area contributed by atoms with Gasteiger partial charge >= 0.3 is 12.4 Å². The molecule has 1 N–H and O–H groups in total. The molecule has 1 atom stereocenters. The maximum Gasteiger partial charge on any atom is 0.416 e. The molecule has 0 aliphatic carbocycles. The number of amides is 1. The number of nitrogens with one attached hydrogen (secondary N) is 1. The van der Waals surface area contributed by atoms with Gasteiger partial charge in [-0.2, -0.15) is 26.3 Å². The number of carbonyl (C=O) groups excluding carboxylic acids is 1. The largest absolute Gasteiger partial charge is 0.416 e. The maximum atomic E-state index is 13.2. The third-order valence-electron chi connectivity index (χ3n) is 6.62. The Morgan fingerprint density at radius 3 is 2.21 bits per heavy atom. The summed E-state index contributed by atoms with van der Waals surface area (Å²) in [6.45, 7) is 1.79. The van der Waals surface area contributed by atoms with Gasteiger partial charge < -0.3 is 10.2 Å². The number of thioether (sulfide) groups is 1. The van der Waals surface area contributed by atoms with Gasteiger partial charge in [-0.25, -0.2) is 0 Å². The second kappa shape index (κ2) is 11.3. The third kappa shape index (κ3) is 6.46. The second-order valence-corrected chi connectivity index (χ2v) is 9.89. The van der Waals surface area contributed by atoms with Crippen molar-refractivity contribution in [2.75, 3.05) is 29.6 Å². The van der Waals surface area contributed by atoms with Crippen molar-refractivity contribution in [2.24, 2.45) is 0 Å². The molecule has 3 aromatic carbocycles. The molecule has 0 spiro atoms. The van der Waals surface area contributed by atoms with Crippen molar-refractivity contribution in [3.05, 3.63) is 94.5 Å². The molecule has 10 heteroatoms. The zero-order valence-corrected chi connectivity index (χ0v) is 21.3. The van der Waals surface area contributed by atoms with Crippen molar-refractivity contribution in [2.45, 2.75) is 37.5 Å². The predicted molar refractivity (Wildman–Crippen MR) is 139 cm³/mol. The van der Waals surface area contributed by atoms with E-state index in [-0.39, 0.29) is 11.2 Å². The van der Waals surface area contributed by atoms with Crippen LogP contribution in [0.15, 0.2) is 66.7 Å². The average molecular weight is 553 g/mol. The van der Waals surface area contributed by atoms with Crippen LogP contribution in [0.2, 0.25) is 0 Å². The fraction of sp³-hybridized carbons (Fsp3) is 0.321. The zero-order chi connectivity index (χ0) is 27.5. The summed E-state index contributed by atoms with van der Waals surface area (Å²) in [5.74, 6) is -0.114. The lowest BCUT2D eigenvalue weighted by molar-refractivity contribution is -0.138. The van der Waals surface area contributed by atoms with Gasteiger partial charge in [0.1, 0.15) is 0 Å². The molecule has 0 bridgehead atoms. The number of hydrogen-bond donors (Lipinski definition) is 1. The number of rotatable bonds is 2. The van der Waals surface area contributed by atoms with Crippen molar-refractivity contribution < 1.29 is 31.1 Å². The number of benzene rings is 3. The Morgan fingerprint density at radius 2 is 1.58 bits per heavy atom. The minimum absolute atomic E-state index is 0.114. The first kappa shape index (κ1) is 27.9. The first-order chi connectivity index (χ1) is 18.0. The van der Waals surface area contributed by atoms with E-state index >= 15 is 0 Å². The number of anilines is 2. The van der Waals surface area contributed by atoms with Gasteiger partial charge in [0, 0.05) is 30.4 Å². The molecule has 5 rings (SSSR count). The molecule has 202 valence electrons. The lowest BCUT2D eigenvalue weighted by Gasteiger charge is -2.40. The second-order valence-electron chi connectivity index (χ2n) is 9.11. The van der Waals surface area contributed by atoms with E-state index in [1.54, 1.807) is 18.4 Å². The Morgan fingerprint density at radius 1 is 0.895 bits per heavy atom. The highest BCUT2D eigenvalue weighted by Crippen LogP contribution is 2.46. The normalized spacial score (nSPS) is 16.7. The maximum absolute atomic E-state index is 13.2. The number of alkyl halides is 6. The molecule has 0 saturated heterocycles. The van der Waals surface area contributed by atoms with Crippen LogP contribution in [0.4, 0.5) is 42.5 Å². The number of hydrogen-bond acceptors (Lipinski definition) is 3. The van der Waals surface area contributed by atoms with E-state index in [0.29, 0.717) is 11.3 Å². The topological polar surface area (TPSA) is 32.3 Å². The first-order valence-corrected chi connectivity index (χ1v) is 13.3. The van der Waals surface area contributed by atoms with Gasteiger partial charge in [0.15, 0.2) is 0 Å².